The number of ketones is 1. The van der Waals surface area contributed by atoms with E-state index in [0.717, 1.165) is 44.9 Å². The standard InChI is InChI=1S/C43H79N3O13/c44-38(43(54)55)20-17-18-25-45-40(49)24-27-56-29-31-58-33-34-59-32-30-57-28-26-46-39(48)23-22-36(42(52)53)35-37(47)19-15-13-11-9-7-5-3-1-2-4-6-8-10-12-14-16-21-41(50)51/h36,38H,1-35,44H2,(H,45,49)(H,46,48)(H,50,51)(H,52,53)(H,54,55)/t36-,38+/m1/s1. The molecule has 0 aliphatic carbocycles. The highest BCUT2D eigenvalue weighted by molar-refractivity contribution is 5.84. The molecule has 2 atom stereocenters. The molecule has 0 aromatic rings. The summed E-state index contributed by atoms with van der Waals surface area (Å²) in [7, 11) is 0. The first-order chi connectivity index (χ1) is 28.5. The number of rotatable bonds is 46. The summed E-state index contributed by atoms with van der Waals surface area (Å²) < 4.78 is 21.7. The third-order valence-electron chi connectivity index (χ3n) is 9.88. The molecule has 59 heavy (non-hydrogen) atoms. The van der Waals surface area contributed by atoms with Crippen molar-refractivity contribution in [2.45, 2.75) is 167 Å². The first-order valence-electron chi connectivity index (χ1n) is 22.3. The lowest BCUT2D eigenvalue weighted by Crippen LogP contribution is -2.30. The van der Waals surface area contributed by atoms with Crippen molar-refractivity contribution in [2.75, 3.05) is 65.9 Å². The Kier molecular flexibility index (Phi) is 39.3. The van der Waals surface area contributed by atoms with Crippen LogP contribution in [0.4, 0.5) is 0 Å². The Balaban J connectivity index is 3.58. The fourth-order valence-electron chi connectivity index (χ4n) is 6.27. The Hall–Kier alpha value is -3.18. The fraction of sp³-hybridized carbons (Fsp3) is 0.860. The number of carboxylic acid groups (broad SMARTS) is 3. The molecule has 16 nitrogen and oxygen atoms in total. The van der Waals surface area contributed by atoms with Crippen molar-refractivity contribution < 1.29 is 63.0 Å². The Morgan fingerprint density at radius 3 is 1.32 bits per heavy atom. The molecule has 0 aromatic carbocycles. The number of unbranched alkanes of at least 4 members (excludes halogenated alkanes) is 16. The average Bonchev–Trinajstić information content (AvgIpc) is 3.19. The number of amides is 2. The second-order valence-electron chi connectivity index (χ2n) is 15.2. The van der Waals surface area contributed by atoms with Crippen molar-refractivity contribution in [2.24, 2.45) is 11.7 Å². The second-order valence-corrected chi connectivity index (χ2v) is 15.2. The Bertz CT molecular complexity index is 1100. The van der Waals surface area contributed by atoms with Crippen LogP contribution in [-0.2, 0) is 47.7 Å². The zero-order valence-electron chi connectivity index (χ0n) is 35.9. The molecular formula is C43H79N3O13. The van der Waals surface area contributed by atoms with Crippen LogP contribution in [0.5, 0.6) is 0 Å². The highest BCUT2D eigenvalue weighted by Gasteiger charge is 2.22. The summed E-state index contributed by atoms with van der Waals surface area (Å²) in [6.07, 6.45) is 20.8. The summed E-state index contributed by atoms with van der Waals surface area (Å²) >= 11 is 0. The molecule has 0 radical (unpaired) electrons. The number of hydrogen-bond acceptors (Lipinski definition) is 11. The number of aliphatic carboxylic acids is 3. The minimum absolute atomic E-state index is 0.0282. The van der Waals surface area contributed by atoms with Crippen LogP contribution in [0.15, 0.2) is 0 Å². The van der Waals surface area contributed by atoms with Gasteiger partial charge in [-0.15, -0.1) is 0 Å². The lowest BCUT2D eigenvalue weighted by atomic mass is 9.94. The summed E-state index contributed by atoms with van der Waals surface area (Å²) in [6.45, 7) is 3.44. The van der Waals surface area contributed by atoms with Crippen molar-refractivity contribution in [1.82, 2.24) is 10.6 Å². The summed E-state index contributed by atoms with van der Waals surface area (Å²) in [6, 6.07) is -0.871. The maximum absolute atomic E-state index is 12.4. The lowest BCUT2D eigenvalue weighted by Gasteiger charge is -2.12. The van der Waals surface area contributed by atoms with Crippen LogP contribution in [0, 0.1) is 5.92 Å². The Morgan fingerprint density at radius 2 is 0.847 bits per heavy atom. The second kappa shape index (κ2) is 41.5. The van der Waals surface area contributed by atoms with E-state index < -0.39 is 29.9 Å². The normalized spacial score (nSPS) is 12.2. The van der Waals surface area contributed by atoms with Crippen molar-refractivity contribution in [3.8, 4) is 0 Å². The van der Waals surface area contributed by atoms with Gasteiger partial charge in [-0.05, 0) is 38.5 Å². The van der Waals surface area contributed by atoms with E-state index in [4.69, 9.17) is 34.9 Å². The van der Waals surface area contributed by atoms with Gasteiger partial charge in [-0.25, -0.2) is 0 Å². The van der Waals surface area contributed by atoms with Crippen LogP contribution >= 0.6 is 0 Å². The molecule has 0 rings (SSSR count). The van der Waals surface area contributed by atoms with Gasteiger partial charge in [0, 0.05) is 45.2 Å². The van der Waals surface area contributed by atoms with Crippen LogP contribution in [0.3, 0.4) is 0 Å². The monoisotopic (exact) mass is 846 g/mol. The number of carboxylic acids is 3. The van der Waals surface area contributed by atoms with Crippen LogP contribution in [0.25, 0.3) is 0 Å². The number of nitrogens with one attached hydrogen (secondary N) is 2. The molecule has 0 aliphatic rings. The Morgan fingerprint density at radius 1 is 0.424 bits per heavy atom. The van der Waals surface area contributed by atoms with Crippen molar-refractivity contribution in [3.05, 3.63) is 0 Å². The number of nitrogens with two attached hydrogens (primary N) is 1. The third-order valence-corrected chi connectivity index (χ3v) is 9.88. The van der Waals surface area contributed by atoms with E-state index in [2.05, 4.69) is 10.6 Å². The van der Waals surface area contributed by atoms with Gasteiger partial charge in [0.2, 0.25) is 11.8 Å². The van der Waals surface area contributed by atoms with Gasteiger partial charge in [-0.2, -0.15) is 0 Å². The average molecular weight is 846 g/mol. The molecule has 0 heterocycles. The van der Waals surface area contributed by atoms with Crippen LogP contribution < -0.4 is 16.4 Å². The molecule has 0 aromatic heterocycles. The summed E-state index contributed by atoms with van der Waals surface area (Å²) in [5.41, 5.74) is 5.44. The number of carbonyl (C=O) groups is 6. The molecule has 7 N–H and O–H groups in total. The Labute approximate surface area is 352 Å². The van der Waals surface area contributed by atoms with Gasteiger partial charge in [-0.1, -0.05) is 89.9 Å². The van der Waals surface area contributed by atoms with Gasteiger partial charge < -0.3 is 50.6 Å². The van der Waals surface area contributed by atoms with E-state index in [1.54, 1.807) is 0 Å². The smallest absolute Gasteiger partial charge is 0.320 e. The lowest BCUT2D eigenvalue weighted by molar-refractivity contribution is -0.144. The van der Waals surface area contributed by atoms with Gasteiger partial charge in [0.25, 0.3) is 0 Å². The molecule has 344 valence electrons. The van der Waals surface area contributed by atoms with Gasteiger partial charge in [0.1, 0.15) is 11.8 Å². The van der Waals surface area contributed by atoms with E-state index in [9.17, 15) is 33.9 Å². The van der Waals surface area contributed by atoms with Crippen molar-refractivity contribution in [1.29, 1.82) is 0 Å². The predicted molar refractivity (Wildman–Crippen MR) is 224 cm³/mol. The van der Waals surface area contributed by atoms with E-state index in [1.807, 2.05) is 0 Å². The summed E-state index contributed by atoms with van der Waals surface area (Å²) in [4.78, 5) is 69.3. The highest BCUT2D eigenvalue weighted by atomic mass is 16.6. The topological polar surface area (TPSA) is 250 Å². The molecule has 0 saturated carbocycles. The quantitative estimate of drug-likeness (QED) is 0.0396. The number of ether oxygens (including phenoxy) is 4. The van der Waals surface area contributed by atoms with E-state index >= 15 is 0 Å². The molecule has 16 heteroatoms. The molecule has 2 amide bonds. The number of hydrogen-bond donors (Lipinski definition) is 6. The molecule has 0 aliphatic heterocycles. The SMILES string of the molecule is N[C@@H](CCCCNC(=O)CCOCCOCCOCCOCCNC(=O)CC[C@H](CC(=O)CCCCCCCCCCCCCCCCCCC(=O)O)C(=O)O)C(=O)O. The summed E-state index contributed by atoms with van der Waals surface area (Å²) in [5, 5.41) is 32.4. The van der Waals surface area contributed by atoms with Crippen molar-refractivity contribution >= 4 is 35.5 Å². The zero-order chi connectivity index (χ0) is 43.6. The number of Topliss-reactive ketones (excluding diaryl/α,β-unsaturated/α-hetero) is 1. The first-order valence-corrected chi connectivity index (χ1v) is 22.3. The van der Waals surface area contributed by atoms with Crippen LogP contribution in [0.2, 0.25) is 0 Å². The number of carbonyl (C=O) groups excluding carboxylic acids is 3. The molecule has 0 unspecified atom stereocenters. The zero-order valence-corrected chi connectivity index (χ0v) is 35.9. The molecule has 0 saturated heterocycles. The maximum atomic E-state index is 12.4. The molecular weight excluding hydrogens is 766 g/mol. The van der Waals surface area contributed by atoms with Gasteiger partial charge in [0.05, 0.1) is 58.8 Å². The molecule has 0 bridgehead atoms. The molecule has 0 fully saturated rings. The van der Waals surface area contributed by atoms with Gasteiger partial charge >= 0.3 is 17.9 Å². The predicted octanol–water partition coefficient (Wildman–Crippen LogP) is 5.80. The fourth-order valence-corrected chi connectivity index (χ4v) is 6.27. The van der Waals surface area contributed by atoms with Crippen LogP contribution in [-0.4, -0.2) is 123 Å². The minimum Gasteiger partial charge on any atom is -0.481 e. The largest absolute Gasteiger partial charge is 0.481 e. The molecule has 0 spiro atoms. The highest BCUT2D eigenvalue weighted by Crippen LogP contribution is 2.17. The minimum atomic E-state index is -1.05. The maximum Gasteiger partial charge on any atom is 0.320 e. The first kappa shape index (κ1) is 55.8. The summed E-state index contributed by atoms with van der Waals surface area (Å²) in [5.74, 6) is -4.12. The van der Waals surface area contributed by atoms with Gasteiger partial charge in [-0.3, -0.25) is 28.8 Å². The van der Waals surface area contributed by atoms with Gasteiger partial charge in [0.15, 0.2) is 0 Å². The van der Waals surface area contributed by atoms with E-state index in [0.29, 0.717) is 71.9 Å². The van der Waals surface area contributed by atoms with Crippen molar-refractivity contribution in [3.63, 3.8) is 0 Å². The third kappa shape index (κ3) is 41.3. The van der Waals surface area contributed by atoms with E-state index in [1.165, 1.54) is 57.8 Å². The van der Waals surface area contributed by atoms with Crippen LogP contribution in [0.1, 0.15) is 161 Å². The van der Waals surface area contributed by atoms with E-state index in [-0.39, 0.29) is 69.5 Å².